The fraction of sp³-hybridized carbons (Fsp3) is 0.667. The van der Waals surface area contributed by atoms with E-state index in [1.807, 2.05) is 6.92 Å². The Hall–Kier alpha value is -0.970. The molecule has 110 valence electrons. The van der Waals surface area contributed by atoms with Crippen LogP contribution in [0.1, 0.15) is 19.7 Å². The van der Waals surface area contributed by atoms with E-state index in [0.29, 0.717) is 12.2 Å². The van der Waals surface area contributed by atoms with Crippen LogP contribution in [0, 0.1) is 0 Å². The van der Waals surface area contributed by atoms with Crippen LogP contribution in [-0.2, 0) is 26.5 Å². The van der Waals surface area contributed by atoms with Crippen molar-refractivity contribution in [2.24, 2.45) is 0 Å². The van der Waals surface area contributed by atoms with Crippen LogP contribution < -0.4 is 9.44 Å². The molecule has 8 nitrogen and oxygen atoms in total. The predicted octanol–water partition coefficient (Wildman–Crippen LogP) is -0.810. The van der Waals surface area contributed by atoms with Crippen LogP contribution in [0.4, 0.5) is 0 Å². The summed E-state index contributed by atoms with van der Waals surface area (Å²) in [4.78, 5) is 6.53. The van der Waals surface area contributed by atoms with E-state index in [9.17, 15) is 16.8 Å². The number of aromatic nitrogens is 2. The van der Waals surface area contributed by atoms with Crippen molar-refractivity contribution in [3.05, 3.63) is 12.0 Å². The standard InChI is InChI=1S/C9H18N4O4S2/c1-3-8-10-7-9(13-8)19(16,17)12-5-6-18(14,15)11-4-2/h7,11-12H,3-6H2,1-2H3,(H,10,13). The van der Waals surface area contributed by atoms with E-state index in [0.717, 1.165) is 0 Å². The summed E-state index contributed by atoms with van der Waals surface area (Å²) in [7, 11) is -7.19. The van der Waals surface area contributed by atoms with E-state index < -0.39 is 20.0 Å². The minimum absolute atomic E-state index is 0.0646. The normalized spacial score (nSPS) is 12.7. The van der Waals surface area contributed by atoms with Gasteiger partial charge in [0.2, 0.25) is 10.0 Å². The van der Waals surface area contributed by atoms with Gasteiger partial charge in [0.25, 0.3) is 10.0 Å². The highest BCUT2D eigenvalue weighted by atomic mass is 32.2. The summed E-state index contributed by atoms with van der Waals surface area (Å²) in [5, 5.41) is -0.0646. The molecular formula is C9H18N4O4S2. The number of nitrogens with one attached hydrogen (secondary N) is 3. The Kier molecular flexibility index (Phi) is 5.47. The first-order valence-electron chi connectivity index (χ1n) is 5.81. The van der Waals surface area contributed by atoms with Crippen molar-refractivity contribution >= 4 is 20.0 Å². The molecule has 19 heavy (non-hydrogen) atoms. The van der Waals surface area contributed by atoms with E-state index in [-0.39, 0.29) is 23.9 Å². The van der Waals surface area contributed by atoms with Crippen LogP contribution >= 0.6 is 0 Å². The molecule has 0 radical (unpaired) electrons. The van der Waals surface area contributed by atoms with Crippen LogP contribution in [0.3, 0.4) is 0 Å². The first kappa shape index (κ1) is 16.1. The second-order valence-corrected chi connectivity index (χ2v) is 7.42. The Morgan fingerprint density at radius 2 is 1.89 bits per heavy atom. The predicted molar refractivity (Wildman–Crippen MR) is 70.6 cm³/mol. The number of hydrogen-bond acceptors (Lipinski definition) is 5. The fourth-order valence-corrected chi connectivity index (χ4v) is 3.39. The number of aromatic amines is 1. The van der Waals surface area contributed by atoms with Gasteiger partial charge in [-0.3, -0.25) is 0 Å². The molecule has 3 N–H and O–H groups in total. The molecule has 0 amide bonds. The molecule has 1 aromatic heterocycles. The van der Waals surface area contributed by atoms with Crippen LogP contribution in [-0.4, -0.2) is 45.6 Å². The third-order valence-electron chi connectivity index (χ3n) is 2.26. The van der Waals surface area contributed by atoms with Gasteiger partial charge >= 0.3 is 0 Å². The number of imidazole rings is 1. The largest absolute Gasteiger partial charge is 0.332 e. The van der Waals surface area contributed by atoms with Crippen LogP contribution in [0.15, 0.2) is 11.2 Å². The summed E-state index contributed by atoms with van der Waals surface area (Å²) < 4.78 is 50.8. The minimum atomic E-state index is -3.75. The number of rotatable bonds is 8. The summed E-state index contributed by atoms with van der Waals surface area (Å²) in [6, 6.07) is 0. The molecule has 1 heterocycles. The maximum atomic E-state index is 11.8. The van der Waals surface area contributed by atoms with Crippen molar-refractivity contribution in [2.45, 2.75) is 25.3 Å². The van der Waals surface area contributed by atoms with E-state index in [2.05, 4.69) is 19.4 Å². The fourth-order valence-electron chi connectivity index (χ4n) is 1.34. The van der Waals surface area contributed by atoms with Gasteiger partial charge in [0.15, 0.2) is 5.03 Å². The summed E-state index contributed by atoms with van der Waals surface area (Å²) in [6.07, 6.45) is 1.80. The van der Waals surface area contributed by atoms with E-state index in [1.54, 1.807) is 6.92 Å². The van der Waals surface area contributed by atoms with Gasteiger partial charge in [-0.05, 0) is 0 Å². The lowest BCUT2D eigenvalue weighted by molar-refractivity contribution is 0.574. The number of sulfonamides is 2. The highest BCUT2D eigenvalue weighted by molar-refractivity contribution is 7.90. The zero-order valence-electron chi connectivity index (χ0n) is 10.8. The van der Waals surface area contributed by atoms with E-state index in [1.165, 1.54) is 6.20 Å². The van der Waals surface area contributed by atoms with E-state index in [4.69, 9.17) is 0 Å². The molecule has 0 fully saturated rings. The Bertz CT molecular complexity index is 606. The lowest BCUT2D eigenvalue weighted by Crippen LogP contribution is -2.34. The molecular weight excluding hydrogens is 292 g/mol. The van der Waals surface area contributed by atoms with Crippen LogP contribution in [0.2, 0.25) is 0 Å². The molecule has 0 unspecified atom stereocenters. The Balaban J connectivity index is 2.61. The quantitative estimate of drug-likeness (QED) is 0.580. The Morgan fingerprint density at radius 3 is 2.42 bits per heavy atom. The average Bonchev–Trinajstić information content (AvgIpc) is 2.77. The molecule has 10 heteroatoms. The summed E-state index contributed by atoms with van der Waals surface area (Å²) in [5.74, 6) is 0.245. The minimum Gasteiger partial charge on any atom is -0.332 e. The number of aryl methyl sites for hydroxylation is 1. The van der Waals surface area contributed by atoms with Gasteiger partial charge in [-0.15, -0.1) is 0 Å². The summed E-state index contributed by atoms with van der Waals surface area (Å²) in [6.45, 7) is 3.57. The second-order valence-electron chi connectivity index (χ2n) is 3.76. The van der Waals surface area contributed by atoms with Gasteiger partial charge < -0.3 is 4.98 Å². The molecule has 0 aliphatic rings. The molecule has 0 atom stereocenters. The molecule has 1 aromatic rings. The first-order valence-corrected chi connectivity index (χ1v) is 8.95. The van der Waals surface area contributed by atoms with Crippen molar-refractivity contribution in [1.29, 1.82) is 0 Å². The number of hydrogen-bond donors (Lipinski definition) is 3. The molecule has 0 spiro atoms. The highest BCUT2D eigenvalue weighted by Crippen LogP contribution is 2.05. The maximum Gasteiger partial charge on any atom is 0.257 e. The topological polar surface area (TPSA) is 121 Å². The molecule has 0 saturated carbocycles. The van der Waals surface area contributed by atoms with Gasteiger partial charge in [-0.2, -0.15) is 0 Å². The molecule has 0 saturated heterocycles. The average molecular weight is 310 g/mol. The van der Waals surface area contributed by atoms with Crippen LogP contribution in [0.25, 0.3) is 0 Å². The lowest BCUT2D eigenvalue weighted by atomic mass is 10.5. The van der Waals surface area contributed by atoms with Gasteiger partial charge in [-0.1, -0.05) is 13.8 Å². The van der Waals surface area contributed by atoms with Crippen molar-refractivity contribution in [3.63, 3.8) is 0 Å². The Labute approximate surface area is 113 Å². The van der Waals surface area contributed by atoms with Crippen molar-refractivity contribution in [3.8, 4) is 0 Å². The molecule has 0 aliphatic heterocycles. The summed E-state index contributed by atoms with van der Waals surface area (Å²) in [5.41, 5.74) is 0. The smallest absolute Gasteiger partial charge is 0.257 e. The Morgan fingerprint density at radius 1 is 1.21 bits per heavy atom. The molecule has 0 aliphatic carbocycles. The molecule has 0 aromatic carbocycles. The summed E-state index contributed by atoms with van der Waals surface area (Å²) >= 11 is 0. The van der Waals surface area contributed by atoms with Gasteiger partial charge in [0.05, 0.1) is 11.9 Å². The zero-order chi connectivity index (χ0) is 14.5. The second kappa shape index (κ2) is 6.46. The zero-order valence-corrected chi connectivity index (χ0v) is 12.4. The third kappa shape index (κ3) is 4.90. The van der Waals surface area contributed by atoms with E-state index >= 15 is 0 Å². The van der Waals surface area contributed by atoms with Crippen molar-refractivity contribution in [2.75, 3.05) is 18.8 Å². The number of H-pyrrole nitrogens is 1. The van der Waals surface area contributed by atoms with Crippen LogP contribution in [0.5, 0.6) is 0 Å². The number of nitrogens with zero attached hydrogens (tertiary/aromatic N) is 1. The maximum absolute atomic E-state index is 11.8. The molecule has 1 rings (SSSR count). The van der Waals surface area contributed by atoms with Gasteiger partial charge in [-0.25, -0.2) is 31.3 Å². The monoisotopic (exact) mass is 310 g/mol. The molecule has 0 bridgehead atoms. The van der Waals surface area contributed by atoms with Crippen molar-refractivity contribution < 1.29 is 16.8 Å². The highest BCUT2D eigenvalue weighted by Gasteiger charge is 2.18. The van der Waals surface area contributed by atoms with Gasteiger partial charge in [0.1, 0.15) is 5.82 Å². The lowest BCUT2D eigenvalue weighted by Gasteiger charge is -2.06. The first-order chi connectivity index (χ1) is 8.80. The van der Waals surface area contributed by atoms with Gasteiger partial charge in [0, 0.05) is 19.5 Å². The SMILES string of the molecule is CCNS(=O)(=O)CCNS(=O)(=O)c1cnc(CC)[nH]1. The van der Waals surface area contributed by atoms with Crippen molar-refractivity contribution in [1.82, 2.24) is 19.4 Å². The third-order valence-corrected chi connectivity index (χ3v) is 5.10.